The molecule has 2 aliphatic heterocycles. The van der Waals surface area contributed by atoms with Crippen LogP contribution in [0, 0.1) is 11.8 Å². The van der Waals surface area contributed by atoms with Crippen LogP contribution in [0.15, 0.2) is 12.3 Å². The summed E-state index contributed by atoms with van der Waals surface area (Å²) in [6.07, 6.45) is 3.32. The minimum Gasteiger partial charge on any atom is -0.317 e. The van der Waals surface area contributed by atoms with Gasteiger partial charge in [-0.25, -0.2) is 4.98 Å². The van der Waals surface area contributed by atoms with E-state index in [1.807, 2.05) is 6.92 Å². The molecule has 1 fully saturated rings. The minimum atomic E-state index is -0.290. The van der Waals surface area contributed by atoms with Crippen molar-refractivity contribution in [3.05, 3.63) is 17.8 Å². The lowest BCUT2D eigenvalue weighted by Crippen LogP contribution is -2.45. The van der Waals surface area contributed by atoms with E-state index in [9.17, 15) is 14.4 Å². The van der Waals surface area contributed by atoms with E-state index < -0.39 is 0 Å². The number of carbonyl (C=O) groups excluding carboxylic acids is 3. The summed E-state index contributed by atoms with van der Waals surface area (Å²) in [7, 11) is 3.34. The number of Topliss-reactive ketones (excluding diaryl/α,β-unsaturated/α-hetero) is 1. The Bertz CT molecular complexity index is 797. The number of nitrogens with zero attached hydrogens (tertiary/aromatic N) is 3. The molecule has 8 nitrogen and oxygen atoms in total. The molecule has 1 aromatic heterocycles. The zero-order valence-corrected chi connectivity index (χ0v) is 17.7. The first-order chi connectivity index (χ1) is 13.8. The zero-order chi connectivity index (χ0) is 21.1. The normalized spacial score (nSPS) is 24.0. The summed E-state index contributed by atoms with van der Waals surface area (Å²) in [5.74, 6) is 0.571. The van der Waals surface area contributed by atoms with Crippen LogP contribution < -0.4 is 20.4 Å². The smallest absolute Gasteiger partial charge is 0.237 e. The lowest BCUT2D eigenvalue weighted by atomic mass is 9.83. The molecule has 8 heteroatoms. The second-order valence-electron chi connectivity index (χ2n) is 8.12. The molecule has 0 aliphatic carbocycles. The van der Waals surface area contributed by atoms with Gasteiger partial charge in [0, 0.05) is 24.8 Å². The van der Waals surface area contributed by atoms with Crippen molar-refractivity contribution < 1.29 is 14.4 Å². The summed E-state index contributed by atoms with van der Waals surface area (Å²) in [6, 6.07) is 1.58. The van der Waals surface area contributed by atoms with Gasteiger partial charge in [-0.15, -0.1) is 0 Å². The van der Waals surface area contributed by atoms with Crippen molar-refractivity contribution in [3.8, 4) is 0 Å². The number of hydrogen-bond donors (Lipinski definition) is 2. The van der Waals surface area contributed by atoms with E-state index >= 15 is 0 Å². The SMILES string of the molecule is CNCC(=O)c1cnc2c(c1)N(C)C(=O)CC(=O)N2C(C)C1CCNCCC1C. The molecule has 0 aromatic carbocycles. The number of aromatic nitrogens is 1. The van der Waals surface area contributed by atoms with Crippen molar-refractivity contribution in [1.82, 2.24) is 15.6 Å². The molecule has 3 atom stereocenters. The van der Waals surface area contributed by atoms with E-state index in [0.717, 1.165) is 25.9 Å². The van der Waals surface area contributed by atoms with Crippen molar-refractivity contribution in [1.29, 1.82) is 0 Å². The fourth-order valence-electron chi connectivity index (χ4n) is 4.43. The number of nitrogens with one attached hydrogen (secondary N) is 2. The number of amides is 2. The van der Waals surface area contributed by atoms with E-state index in [1.54, 1.807) is 25.1 Å². The van der Waals surface area contributed by atoms with Gasteiger partial charge in [0.05, 0.1) is 12.2 Å². The molecule has 0 spiro atoms. The average molecular weight is 402 g/mol. The molecule has 158 valence electrons. The van der Waals surface area contributed by atoms with Crippen LogP contribution in [0.25, 0.3) is 0 Å². The second kappa shape index (κ2) is 9.00. The number of carbonyl (C=O) groups is 3. The maximum absolute atomic E-state index is 13.1. The Balaban J connectivity index is 2.03. The van der Waals surface area contributed by atoms with Crippen LogP contribution in [0.5, 0.6) is 0 Å². The van der Waals surface area contributed by atoms with Crippen molar-refractivity contribution >= 4 is 29.1 Å². The van der Waals surface area contributed by atoms with E-state index in [4.69, 9.17) is 0 Å². The van der Waals surface area contributed by atoms with Crippen LogP contribution >= 0.6 is 0 Å². The molecule has 1 aromatic rings. The number of fused-ring (bicyclic) bond motifs is 1. The summed E-state index contributed by atoms with van der Waals surface area (Å²) < 4.78 is 0. The zero-order valence-electron chi connectivity index (χ0n) is 17.7. The number of pyridine rings is 1. The first-order valence-corrected chi connectivity index (χ1v) is 10.3. The Labute approximate surface area is 172 Å². The summed E-state index contributed by atoms with van der Waals surface area (Å²) >= 11 is 0. The lowest BCUT2D eigenvalue weighted by molar-refractivity contribution is -0.126. The Hall–Kier alpha value is -2.32. The Kier molecular flexibility index (Phi) is 6.64. The fourth-order valence-corrected chi connectivity index (χ4v) is 4.43. The van der Waals surface area contributed by atoms with Gasteiger partial charge < -0.3 is 15.5 Å². The molecule has 1 saturated heterocycles. The maximum atomic E-state index is 13.1. The summed E-state index contributed by atoms with van der Waals surface area (Å²) in [6.45, 7) is 6.35. The first-order valence-electron chi connectivity index (χ1n) is 10.3. The highest BCUT2D eigenvalue weighted by molar-refractivity contribution is 6.15. The molecular formula is C21H31N5O3. The van der Waals surface area contributed by atoms with Gasteiger partial charge in [0.1, 0.15) is 6.42 Å². The quantitative estimate of drug-likeness (QED) is 0.569. The molecule has 0 bridgehead atoms. The summed E-state index contributed by atoms with van der Waals surface area (Å²) in [5, 5.41) is 6.27. The van der Waals surface area contributed by atoms with Gasteiger partial charge in [-0.2, -0.15) is 0 Å². The number of anilines is 2. The minimum absolute atomic E-state index is 0.0955. The average Bonchev–Trinajstić information content (AvgIpc) is 2.96. The van der Waals surface area contributed by atoms with Gasteiger partial charge in [-0.05, 0) is 57.8 Å². The van der Waals surface area contributed by atoms with Crippen molar-refractivity contribution in [2.24, 2.45) is 11.8 Å². The maximum Gasteiger partial charge on any atom is 0.237 e. The number of likely N-dealkylation sites (N-methyl/N-ethyl adjacent to an activating group) is 1. The van der Waals surface area contributed by atoms with E-state index in [-0.39, 0.29) is 36.6 Å². The van der Waals surface area contributed by atoms with E-state index in [0.29, 0.717) is 28.9 Å². The van der Waals surface area contributed by atoms with Gasteiger partial charge in [-0.3, -0.25) is 19.3 Å². The molecule has 3 heterocycles. The topological polar surface area (TPSA) is 94.6 Å². The van der Waals surface area contributed by atoms with Crippen LogP contribution in [0.3, 0.4) is 0 Å². The van der Waals surface area contributed by atoms with Crippen LogP contribution in [0.1, 0.15) is 43.5 Å². The number of rotatable bonds is 5. The number of ketones is 1. The van der Waals surface area contributed by atoms with Crippen LogP contribution in [-0.4, -0.2) is 62.4 Å². The molecule has 0 saturated carbocycles. The van der Waals surface area contributed by atoms with Crippen molar-refractivity contribution in [2.45, 2.75) is 39.2 Å². The highest BCUT2D eigenvalue weighted by atomic mass is 16.2. The van der Waals surface area contributed by atoms with Crippen molar-refractivity contribution in [2.75, 3.05) is 43.5 Å². The van der Waals surface area contributed by atoms with Crippen molar-refractivity contribution in [3.63, 3.8) is 0 Å². The van der Waals surface area contributed by atoms with Crippen LogP contribution in [-0.2, 0) is 9.59 Å². The predicted molar refractivity (Wildman–Crippen MR) is 112 cm³/mol. The van der Waals surface area contributed by atoms with Gasteiger partial charge in [0.25, 0.3) is 0 Å². The molecule has 3 unspecified atom stereocenters. The second-order valence-corrected chi connectivity index (χ2v) is 8.12. The van der Waals surface area contributed by atoms with Gasteiger partial charge in [0.15, 0.2) is 11.6 Å². The summed E-state index contributed by atoms with van der Waals surface area (Å²) in [4.78, 5) is 45.6. The predicted octanol–water partition coefficient (Wildman–Crippen LogP) is 1.21. The standard InChI is InChI=1S/C21H31N5O3/c1-13-5-7-23-8-6-16(13)14(2)26-20(29)10-19(28)25(4)17-9-15(11-24-21(17)26)18(27)12-22-3/h9,11,13-14,16,22-23H,5-8,10,12H2,1-4H3. The van der Waals surface area contributed by atoms with Gasteiger partial charge in [-0.1, -0.05) is 6.92 Å². The van der Waals surface area contributed by atoms with Crippen LogP contribution in [0.4, 0.5) is 11.5 Å². The monoisotopic (exact) mass is 401 g/mol. The Morgan fingerprint density at radius 2 is 2.03 bits per heavy atom. The lowest BCUT2D eigenvalue weighted by Gasteiger charge is -2.36. The number of hydrogen-bond acceptors (Lipinski definition) is 6. The molecule has 3 rings (SSSR count). The first kappa shape index (κ1) is 21.4. The Morgan fingerprint density at radius 1 is 1.31 bits per heavy atom. The third-order valence-corrected chi connectivity index (χ3v) is 6.23. The molecular weight excluding hydrogens is 370 g/mol. The van der Waals surface area contributed by atoms with Gasteiger partial charge >= 0.3 is 0 Å². The van der Waals surface area contributed by atoms with Crippen LogP contribution in [0.2, 0.25) is 0 Å². The molecule has 0 radical (unpaired) electrons. The molecule has 2 N–H and O–H groups in total. The third-order valence-electron chi connectivity index (χ3n) is 6.23. The molecule has 29 heavy (non-hydrogen) atoms. The Morgan fingerprint density at radius 3 is 2.76 bits per heavy atom. The third kappa shape index (κ3) is 4.33. The largest absolute Gasteiger partial charge is 0.317 e. The fraction of sp³-hybridized carbons (Fsp3) is 0.619. The highest BCUT2D eigenvalue weighted by Crippen LogP contribution is 2.36. The molecule has 2 aliphatic rings. The highest BCUT2D eigenvalue weighted by Gasteiger charge is 2.38. The van der Waals surface area contributed by atoms with Gasteiger partial charge in [0.2, 0.25) is 11.8 Å². The summed E-state index contributed by atoms with van der Waals surface area (Å²) in [5.41, 5.74) is 0.931. The van der Waals surface area contributed by atoms with E-state index in [2.05, 4.69) is 22.5 Å². The van der Waals surface area contributed by atoms with E-state index in [1.165, 1.54) is 11.1 Å². The molecule has 2 amide bonds.